The number of rotatable bonds is 3. The Balaban J connectivity index is 2.95. The van der Waals surface area contributed by atoms with Gasteiger partial charge >= 0.3 is 5.97 Å². The molecule has 0 bridgehead atoms. The second-order valence-electron chi connectivity index (χ2n) is 4.19. The molecule has 0 radical (unpaired) electrons. The summed E-state index contributed by atoms with van der Waals surface area (Å²) in [6, 6.07) is 5.90. The first-order valence-electron chi connectivity index (χ1n) is 5.03. The topological polar surface area (TPSA) is 90.2 Å². The van der Waals surface area contributed by atoms with Gasteiger partial charge in [0.15, 0.2) is 0 Å². The number of nitrogens with one attached hydrogen (secondary N) is 1. The lowest BCUT2D eigenvalue weighted by atomic mass is 9.94. The molecule has 0 atom stereocenters. The number of nitriles is 1. The monoisotopic (exact) mass is 266 g/mol. The van der Waals surface area contributed by atoms with Crippen molar-refractivity contribution in [3.8, 4) is 6.07 Å². The Morgan fingerprint density at radius 3 is 2.50 bits per heavy atom. The number of benzene rings is 1. The summed E-state index contributed by atoms with van der Waals surface area (Å²) in [5.41, 5.74) is -0.870. The molecule has 2 N–H and O–H groups in total. The van der Waals surface area contributed by atoms with Gasteiger partial charge in [-0.05, 0) is 32.0 Å². The van der Waals surface area contributed by atoms with E-state index in [-0.39, 0.29) is 10.6 Å². The lowest BCUT2D eigenvalue weighted by molar-refractivity contribution is -0.121. The highest BCUT2D eigenvalue weighted by Crippen LogP contribution is 2.23. The van der Waals surface area contributed by atoms with Crippen LogP contribution in [0.15, 0.2) is 18.2 Å². The van der Waals surface area contributed by atoms with Gasteiger partial charge in [-0.2, -0.15) is 5.26 Å². The maximum absolute atomic E-state index is 11.7. The van der Waals surface area contributed by atoms with Crippen LogP contribution in [-0.4, -0.2) is 17.0 Å². The van der Waals surface area contributed by atoms with Crippen molar-refractivity contribution in [2.75, 3.05) is 5.32 Å². The van der Waals surface area contributed by atoms with Crippen LogP contribution >= 0.6 is 11.6 Å². The number of nitrogens with zero attached hydrogens (tertiary/aromatic N) is 1. The fraction of sp³-hybridized carbons (Fsp3) is 0.250. The number of carboxylic acid groups (broad SMARTS) is 1. The second-order valence-corrected chi connectivity index (χ2v) is 4.60. The van der Waals surface area contributed by atoms with Crippen LogP contribution in [0.1, 0.15) is 24.2 Å². The third kappa shape index (κ3) is 2.99. The van der Waals surface area contributed by atoms with Crippen LogP contribution in [0.3, 0.4) is 0 Å². The van der Waals surface area contributed by atoms with Gasteiger partial charge in [-0.25, -0.2) is 4.79 Å². The number of halogens is 1. The molecule has 0 aliphatic carbocycles. The highest BCUT2D eigenvalue weighted by molar-refractivity contribution is 6.33. The standard InChI is InChI=1S/C12H11ClN2O3/c1-12(2,6-14)11(18)15-7-3-4-8(10(16)17)9(13)5-7/h3-5H,1-2H3,(H,15,18)(H,16,17). The van der Waals surface area contributed by atoms with Crippen molar-refractivity contribution >= 4 is 29.2 Å². The zero-order chi connectivity index (χ0) is 13.9. The van der Waals surface area contributed by atoms with Gasteiger partial charge in [-0.3, -0.25) is 4.79 Å². The average molecular weight is 267 g/mol. The minimum atomic E-state index is -1.17. The van der Waals surface area contributed by atoms with E-state index in [0.717, 1.165) is 0 Å². The number of carbonyl (C=O) groups is 2. The first kappa shape index (κ1) is 14.0. The molecule has 1 amide bonds. The number of aromatic carboxylic acids is 1. The predicted molar refractivity (Wildman–Crippen MR) is 66.4 cm³/mol. The predicted octanol–water partition coefficient (Wildman–Crippen LogP) is 2.53. The van der Waals surface area contributed by atoms with E-state index in [0.29, 0.717) is 5.69 Å². The third-order valence-electron chi connectivity index (χ3n) is 2.30. The number of hydrogen-bond acceptors (Lipinski definition) is 3. The normalized spacial score (nSPS) is 10.6. The molecule has 0 aromatic heterocycles. The minimum Gasteiger partial charge on any atom is -0.478 e. The largest absolute Gasteiger partial charge is 0.478 e. The van der Waals surface area contributed by atoms with E-state index in [1.165, 1.54) is 32.0 Å². The van der Waals surface area contributed by atoms with Crippen molar-refractivity contribution in [3.05, 3.63) is 28.8 Å². The van der Waals surface area contributed by atoms with E-state index in [1.54, 1.807) is 0 Å². The van der Waals surface area contributed by atoms with Crippen LogP contribution in [0, 0.1) is 16.7 Å². The number of carboxylic acids is 1. The zero-order valence-electron chi connectivity index (χ0n) is 9.82. The van der Waals surface area contributed by atoms with Crippen LogP contribution in [0.2, 0.25) is 5.02 Å². The Hall–Kier alpha value is -2.06. The van der Waals surface area contributed by atoms with Crippen LogP contribution in [-0.2, 0) is 4.79 Å². The van der Waals surface area contributed by atoms with E-state index < -0.39 is 17.3 Å². The van der Waals surface area contributed by atoms with E-state index in [4.69, 9.17) is 22.0 Å². The number of amides is 1. The maximum Gasteiger partial charge on any atom is 0.337 e. The summed E-state index contributed by atoms with van der Waals surface area (Å²) in [4.78, 5) is 22.4. The van der Waals surface area contributed by atoms with Gasteiger partial charge in [-0.1, -0.05) is 11.6 Å². The van der Waals surface area contributed by atoms with Crippen molar-refractivity contribution in [3.63, 3.8) is 0 Å². The quantitative estimate of drug-likeness (QED) is 0.879. The molecule has 1 aromatic rings. The fourth-order valence-corrected chi connectivity index (χ4v) is 1.37. The van der Waals surface area contributed by atoms with Gasteiger partial charge in [-0.15, -0.1) is 0 Å². The summed E-state index contributed by atoms with van der Waals surface area (Å²) < 4.78 is 0. The Morgan fingerprint density at radius 1 is 1.44 bits per heavy atom. The second kappa shape index (κ2) is 5.07. The molecule has 0 heterocycles. The molecule has 0 saturated heterocycles. The van der Waals surface area contributed by atoms with Gasteiger partial charge < -0.3 is 10.4 Å². The van der Waals surface area contributed by atoms with Crippen molar-refractivity contribution in [1.29, 1.82) is 5.26 Å². The summed E-state index contributed by atoms with van der Waals surface area (Å²) >= 11 is 5.76. The van der Waals surface area contributed by atoms with Gasteiger partial charge in [0.1, 0.15) is 5.41 Å². The number of carbonyl (C=O) groups excluding carboxylic acids is 1. The van der Waals surface area contributed by atoms with E-state index in [1.807, 2.05) is 6.07 Å². The van der Waals surface area contributed by atoms with Crippen molar-refractivity contribution in [2.45, 2.75) is 13.8 Å². The molecule has 0 aliphatic heterocycles. The lowest BCUT2D eigenvalue weighted by Crippen LogP contribution is -2.29. The first-order valence-corrected chi connectivity index (χ1v) is 5.41. The molecule has 18 heavy (non-hydrogen) atoms. The molecule has 1 aromatic carbocycles. The summed E-state index contributed by atoms with van der Waals surface area (Å²) in [7, 11) is 0. The van der Waals surface area contributed by atoms with E-state index in [2.05, 4.69) is 5.32 Å². The molecule has 6 heteroatoms. The van der Waals surface area contributed by atoms with Gasteiger partial charge in [0.25, 0.3) is 0 Å². The molecular weight excluding hydrogens is 256 g/mol. The number of anilines is 1. The molecule has 0 fully saturated rings. The number of hydrogen-bond donors (Lipinski definition) is 2. The van der Waals surface area contributed by atoms with Crippen LogP contribution in [0.4, 0.5) is 5.69 Å². The Labute approximate surface area is 109 Å². The van der Waals surface area contributed by atoms with Crippen LogP contribution in [0.25, 0.3) is 0 Å². The SMILES string of the molecule is CC(C)(C#N)C(=O)Nc1ccc(C(=O)O)c(Cl)c1. The Bertz CT molecular complexity index is 547. The smallest absolute Gasteiger partial charge is 0.337 e. The molecule has 1 rings (SSSR count). The maximum atomic E-state index is 11.7. The van der Waals surface area contributed by atoms with Crippen molar-refractivity contribution in [1.82, 2.24) is 0 Å². The summed E-state index contributed by atoms with van der Waals surface area (Å²) in [6.45, 7) is 2.96. The summed E-state index contributed by atoms with van der Waals surface area (Å²) in [5, 5.41) is 20.1. The van der Waals surface area contributed by atoms with Gasteiger partial charge in [0.05, 0.1) is 16.7 Å². The van der Waals surface area contributed by atoms with Crippen molar-refractivity contribution < 1.29 is 14.7 Å². The molecule has 94 valence electrons. The van der Waals surface area contributed by atoms with Crippen molar-refractivity contribution in [2.24, 2.45) is 5.41 Å². The first-order chi connectivity index (χ1) is 8.27. The average Bonchev–Trinajstić information content (AvgIpc) is 2.28. The van der Waals surface area contributed by atoms with Gasteiger partial charge in [0, 0.05) is 5.69 Å². The van der Waals surface area contributed by atoms with E-state index >= 15 is 0 Å². The van der Waals surface area contributed by atoms with Crippen LogP contribution < -0.4 is 5.32 Å². The fourth-order valence-electron chi connectivity index (χ4n) is 1.10. The minimum absolute atomic E-state index is 0.0232. The van der Waals surface area contributed by atoms with Gasteiger partial charge in [0.2, 0.25) is 5.91 Å². The zero-order valence-corrected chi connectivity index (χ0v) is 10.6. The van der Waals surface area contributed by atoms with Crippen LogP contribution in [0.5, 0.6) is 0 Å². The summed E-state index contributed by atoms with van der Waals surface area (Å²) in [5.74, 6) is -1.63. The third-order valence-corrected chi connectivity index (χ3v) is 2.62. The van der Waals surface area contributed by atoms with E-state index in [9.17, 15) is 9.59 Å². The highest BCUT2D eigenvalue weighted by atomic mass is 35.5. The highest BCUT2D eigenvalue weighted by Gasteiger charge is 2.27. The Morgan fingerprint density at radius 2 is 2.06 bits per heavy atom. The molecule has 0 unspecified atom stereocenters. The molecule has 0 aliphatic rings. The Kier molecular flexibility index (Phi) is 3.94. The lowest BCUT2D eigenvalue weighted by Gasteiger charge is -2.15. The molecule has 0 saturated carbocycles. The molecular formula is C12H11ClN2O3. The molecule has 5 nitrogen and oxygen atoms in total. The summed E-state index contributed by atoms with van der Waals surface area (Å²) in [6.07, 6.45) is 0. The molecule has 0 spiro atoms.